The zero-order valence-electron chi connectivity index (χ0n) is 15.7. The average molecular weight is 446 g/mol. The lowest BCUT2D eigenvalue weighted by Gasteiger charge is -2.22. The van der Waals surface area contributed by atoms with E-state index in [4.69, 9.17) is 9.47 Å². The van der Waals surface area contributed by atoms with Crippen LogP contribution in [0.1, 0.15) is 19.7 Å². The van der Waals surface area contributed by atoms with Gasteiger partial charge in [-0.2, -0.15) is 19.6 Å². The molecule has 0 radical (unpaired) electrons. The number of anilines is 1. The van der Waals surface area contributed by atoms with Gasteiger partial charge in [-0.15, -0.1) is 0 Å². The number of halogens is 1. The quantitative estimate of drug-likeness (QED) is 0.450. The Balaban J connectivity index is 1.59. The van der Waals surface area contributed by atoms with Crippen molar-refractivity contribution in [2.75, 3.05) is 19.0 Å². The average Bonchev–Trinajstić information content (AvgIpc) is 3.28. The molecule has 10 heteroatoms. The Labute approximate surface area is 169 Å². The summed E-state index contributed by atoms with van der Waals surface area (Å²) in [6.45, 7) is 4.62. The Bertz CT molecular complexity index is 1090. The first-order valence-corrected chi connectivity index (χ1v) is 9.51. The third-order valence-electron chi connectivity index (χ3n) is 4.26. The molecule has 0 atom stereocenters. The maximum atomic E-state index is 5.76. The molecule has 0 fully saturated rings. The Morgan fingerprint density at radius 1 is 1.21 bits per heavy atom. The molecule has 4 aromatic rings. The van der Waals surface area contributed by atoms with E-state index in [1.807, 2.05) is 38.1 Å². The van der Waals surface area contributed by atoms with Crippen molar-refractivity contribution >= 4 is 38.6 Å². The van der Waals surface area contributed by atoms with Gasteiger partial charge in [0.1, 0.15) is 12.4 Å². The SMILES string of the molecule is COC(C)(C)COc1nc(NCc2nc3ccccc3[nH]2)n2ncc(Br)c2n1. The standard InChI is InChI=1S/C18H20BrN7O2/c1-18(2,27-3)10-28-17-24-15-11(19)8-21-26(15)16(25-17)20-9-14-22-12-6-4-5-7-13(12)23-14/h4-8H,9-10H2,1-3H3,(H,22,23)(H,20,24,25). The van der Waals surface area contributed by atoms with Gasteiger partial charge in [0.05, 0.1) is 33.8 Å². The van der Waals surface area contributed by atoms with Crippen molar-refractivity contribution < 1.29 is 9.47 Å². The molecule has 0 aliphatic carbocycles. The lowest BCUT2D eigenvalue weighted by molar-refractivity contribution is -0.0169. The number of imidazole rings is 1. The van der Waals surface area contributed by atoms with Gasteiger partial charge in [0.25, 0.3) is 0 Å². The van der Waals surface area contributed by atoms with Gasteiger partial charge in [-0.3, -0.25) is 0 Å². The lowest BCUT2D eigenvalue weighted by Crippen LogP contribution is -2.31. The van der Waals surface area contributed by atoms with E-state index in [0.717, 1.165) is 21.3 Å². The van der Waals surface area contributed by atoms with Crippen LogP contribution in [0.25, 0.3) is 16.7 Å². The second kappa shape index (κ2) is 7.36. The number of rotatable bonds is 7. The van der Waals surface area contributed by atoms with Crippen LogP contribution in [0.2, 0.25) is 0 Å². The second-order valence-electron chi connectivity index (χ2n) is 6.86. The summed E-state index contributed by atoms with van der Waals surface area (Å²) in [7, 11) is 1.64. The first kappa shape index (κ1) is 18.6. The van der Waals surface area contributed by atoms with Crippen molar-refractivity contribution in [1.29, 1.82) is 0 Å². The van der Waals surface area contributed by atoms with E-state index in [9.17, 15) is 0 Å². The van der Waals surface area contributed by atoms with Crippen molar-refractivity contribution in [2.24, 2.45) is 0 Å². The van der Waals surface area contributed by atoms with Crippen molar-refractivity contribution in [1.82, 2.24) is 29.5 Å². The fourth-order valence-electron chi connectivity index (χ4n) is 2.56. The Kier molecular flexibility index (Phi) is 4.90. The lowest BCUT2D eigenvalue weighted by atomic mass is 10.2. The predicted molar refractivity (Wildman–Crippen MR) is 108 cm³/mol. The molecule has 0 aliphatic rings. The summed E-state index contributed by atoms with van der Waals surface area (Å²) in [5.41, 5.74) is 2.06. The Morgan fingerprint density at radius 2 is 2.04 bits per heavy atom. The summed E-state index contributed by atoms with van der Waals surface area (Å²) < 4.78 is 13.5. The summed E-state index contributed by atoms with van der Waals surface area (Å²) in [6, 6.07) is 8.12. The molecule has 0 saturated carbocycles. The fraction of sp³-hybridized carbons (Fsp3) is 0.333. The largest absolute Gasteiger partial charge is 0.460 e. The summed E-state index contributed by atoms with van der Waals surface area (Å²) in [5, 5.41) is 7.56. The van der Waals surface area contributed by atoms with Crippen LogP contribution >= 0.6 is 15.9 Å². The number of nitrogens with zero attached hydrogens (tertiary/aromatic N) is 5. The molecule has 0 amide bonds. The molecule has 0 saturated heterocycles. The van der Waals surface area contributed by atoms with E-state index in [1.54, 1.807) is 17.8 Å². The normalized spacial score (nSPS) is 12.0. The second-order valence-corrected chi connectivity index (χ2v) is 7.72. The zero-order chi connectivity index (χ0) is 19.7. The highest BCUT2D eigenvalue weighted by atomic mass is 79.9. The van der Waals surface area contributed by atoms with Crippen molar-refractivity contribution in [3.63, 3.8) is 0 Å². The van der Waals surface area contributed by atoms with Crippen LogP contribution in [0.3, 0.4) is 0 Å². The minimum atomic E-state index is -0.450. The van der Waals surface area contributed by atoms with E-state index >= 15 is 0 Å². The highest BCUT2D eigenvalue weighted by Gasteiger charge is 2.20. The highest BCUT2D eigenvalue weighted by molar-refractivity contribution is 9.10. The maximum absolute atomic E-state index is 5.76. The number of methoxy groups -OCH3 is 1. The number of hydrogen-bond donors (Lipinski definition) is 2. The van der Waals surface area contributed by atoms with Gasteiger partial charge >= 0.3 is 6.01 Å². The smallest absolute Gasteiger partial charge is 0.321 e. The van der Waals surface area contributed by atoms with Crippen LogP contribution in [-0.2, 0) is 11.3 Å². The Morgan fingerprint density at radius 3 is 2.82 bits per heavy atom. The summed E-state index contributed by atoms with van der Waals surface area (Å²) in [6.07, 6.45) is 1.67. The van der Waals surface area contributed by atoms with Gasteiger partial charge < -0.3 is 19.8 Å². The van der Waals surface area contributed by atoms with Crippen LogP contribution in [0.15, 0.2) is 34.9 Å². The van der Waals surface area contributed by atoms with E-state index in [0.29, 0.717) is 24.7 Å². The first-order chi connectivity index (χ1) is 13.4. The molecule has 0 aliphatic heterocycles. The van der Waals surface area contributed by atoms with Crippen LogP contribution in [-0.4, -0.2) is 48.9 Å². The number of ether oxygens (including phenoxy) is 2. The van der Waals surface area contributed by atoms with Crippen LogP contribution in [0.5, 0.6) is 6.01 Å². The van der Waals surface area contributed by atoms with Crippen molar-refractivity contribution in [2.45, 2.75) is 26.0 Å². The molecule has 2 N–H and O–H groups in total. The van der Waals surface area contributed by atoms with Gasteiger partial charge in [-0.1, -0.05) is 12.1 Å². The number of nitrogens with one attached hydrogen (secondary N) is 2. The van der Waals surface area contributed by atoms with Gasteiger partial charge in [0.2, 0.25) is 5.95 Å². The monoisotopic (exact) mass is 445 g/mol. The van der Waals surface area contributed by atoms with Crippen LogP contribution in [0.4, 0.5) is 5.95 Å². The van der Waals surface area contributed by atoms with Crippen molar-refractivity contribution in [3.05, 3.63) is 40.8 Å². The molecule has 3 heterocycles. The minimum Gasteiger partial charge on any atom is -0.460 e. The number of fused-ring (bicyclic) bond motifs is 2. The van der Waals surface area contributed by atoms with E-state index < -0.39 is 5.60 Å². The minimum absolute atomic E-state index is 0.242. The molecule has 1 aromatic carbocycles. The number of aromatic amines is 1. The topological polar surface area (TPSA) is 102 Å². The molecule has 0 unspecified atom stereocenters. The van der Waals surface area contributed by atoms with Gasteiger partial charge in [-0.25, -0.2) is 4.98 Å². The predicted octanol–water partition coefficient (Wildman–Crippen LogP) is 3.18. The first-order valence-electron chi connectivity index (χ1n) is 8.72. The highest BCUT2D eigenvalue weighted by Crippen LogP contribution is 2.22. The summed E-state index contributed by atoms with van der Waals surface area (Å²) in [5.74, 6) is 1.29. The summed E-state index contributed by atoms with van der Waals surface area (Å²) in [4.78, 5) is 16.7. The van der Waals surface area contributed by atoms with Crippen molar-refractivity contribution in [3.8, 4) is 6.01 Å². The molecule has 0 spiro atoms. The van der Waals surface area contributed by atoms with E-state index in [1.165, 1.54) is 0 Å². The number of hydrogen-bond acceptors (Lipinski definition) is 7. The third kappa shape index (κ3) is 3.78. The molecule has 0 bridgehead atoms. The zero-order valence-corrected chi connectivity index (χ0v) is 17.3. The third-order valence-corrected chi connectivity index (χ3v) is 4.82. The number of benzene rings is 1. The molecule has 3 aromatic heterocycles. The number of para-hydroxylation sites is 2. The van der Waals surface area contributed by atoms with Gasteiger partial charge in [-0.05, 0) is 41.9 Å². The van der Waals surface area contributed by atoms with E-state index in [-0.39, 0.29) is 6.01 Å². The fourth-order valence-corrected chi connectivity index (χ4v) is 2.91. The molecule has 28 heavy (non-hydrogen) atoms. The molecule has 146 valence electrons. The maximum Gasteiger partial charge on any atom is 0.321 e. The Hall–Kier alpha value is -2.72. The van der Waals surface area contributed by atoms with Gasteiger partial charge in [0, 0.05) is 7.11 Å². The van der Waals surface area contributed by atoms with Crippen LogP contribution < -0.4 is 10.1 Å². The van der Waals surface area contributed by atoms with E-state index in [2.05, 4.69) is 46.3 Å². The molecule has 9 nitrogen and oxygen atoms in total. The van der Waals surface area contributed by atoms with Crippen LogP contribution in [0, 0.1) is 0 Å². The summed E-state index contributed by atoms with van der Waals surface area (Å²) >= 11 is 3.46. The number of aromatic nitrogens is 6. The molecular weight excluding hydrogens is 426 g/mol. The molecular formula is C18H20BrN7O2. The number of H-pyrrole nitrogens is 1. The van der Waals surface area contributed by atoms with Gasteiger partial charge in [0.15, 0.2) is 5.65 Å². The molecule has 4 rings (SSSR count).